The number of esters is 1. The van der Waals surface area contributed by atoms with Crippen molar-refractivity contribution in [2.75, 3.05) is 27.5 Å². The largest absolute Gasteiger partial charge is 0.504 e. The number of ether oxygens (including phenoxy) is 4. The number of rotatable bonds is 9. The Morgan fingerprint density at radius 3 is 2.51 bits per heavy atom. The number of fused-ring (bicyclic) bond motifs is 9. The highest BCUT2D eigenvalue weighted by atomic mass is 16.7. The minimum absolute atomic E-state index is 0.0440. The molecule has 4 heterocycles. The van der Waals surface area contributed by atoms with Crippen molar-refractivity contribution < 1.29 is 38.4 Å². The fraction of sp³-hybridized carbons (Fsp3) is 0.450. The molecular formula is C40H45N5O8. The molecule has 3 aromatic carbocycles. The highest BCUT2D eigenvalue weighted by Gasteiger charge is 2.57. The molecule has 3 aromatic rings. The number of carbonyl (C=O) groups is 3. The van der Waals surface area contributed by atoms with E-state index >= 15 is 0 Å². The van der Waals surface area contributed by atoms with Gasteiger partial charge < -0.3 is 34.7 Å². The minimum Gasteiger partial charge on any atom is -0.504 e. The van der Waals surface area contributed by atoms with E-state index in [1.807, 2.05) is 57.3 Å². The van der Waals surface area contributed by atoms with Gasteiger partial charge in [0.1, 0.15) is 17.8 Å². The summed E-state index contributed by atoms with van der Waals surface area (Å²) in [6.07, 6.45) is 1.62. The number of nitrogens with one attached hydrogen (secondary N) is 2. The summed E-state index contributed by atoms with van der Waals surface area (Å²) in [7, 11) is 3.50. The van der Waals surface area contributed by atoms with Gasteiger partial charge in [-0.25, -0.2) is 0 Å². The maximum absolute atomic E-state index is 13.7. The highest BCUT2D eigenvalue weighted by Crippen LogP contribution is 2.58. The average Bonchev–Trinajstić information content (AvgIpc) is 3.62. The number of piperazine rings is 1. The molecule has 2 unspecified atom stereocenters. The fourth-order valence-electron chi connectivity index (χ4n) is 8.94. The Morgan fingerprint density at radius 1 is 1.08 bits per heavy atom. The first-order valence-corrected chi connectivity index (χ1v) is 18.0. The smallest absolute Gasteiger partial charge is 0.308 e. The molecule has 4 aliphatic rings. The van der Waals surface area contributed by atoms with Gasteiger partial charge in [-0.3, -0.25) is 24.2 Å². The van der Waals surface area contributed by atoms with Crippen molar-refractivity contribution in [2.24, 2.45) is 0 Å². The number of nitriles is 1. The van der Waals surface area contributed by atoms with Crippen LogP contribution in [0, 0.1) is 25.2 Å². The first kappa shape index (κ1) is 36.1. The van der Waals surface area contributed by atoms with E-state index in [0.717, 1.165) is 22.3 Å². The second-order valence-electron chi connectivity index (χ2n) is 14.4. The van der Waals surface area contributed by atoms with Crippen molar-refractivity contribution in [3.63, 3.8) is 0 Å². The zero-order valence-electron chi connectivity index (χ0n) is 30.8. The summed E-state index contributed by atoms with van der Waals surface area (Å²) in [4.78, 5) is 43.4. The summed E-state index contributed by atoms with van der Waals surface area (Å²) < 4.78 is 23.6. The third-order valence-corrected chi connectivity index (χ3v) is 11.2. The van der Waals surface area contributed by atoms with E-state index in [2.05, 4.69) is 26.5 Å². The van der Waals surface area contributed by atoms with E-state index in [9.17, 15) is 24.8 Å². The summed E-state index contributed by atoms with van der Waals surface area (Å²) in [5.41, 5.74) is 5.49. The Kier molecular flexibility index (Phi) is 9.69. The van der Waals surface area contributed by atoms with Gasteiger partial charge in [0.25, 0.3) is 0 Å². The number of aryl methyl sites for hydroxylation is 2. The van der Waals surface area contributed by atoms with Crippen LogP contribution in [0.1, 0.15) is 71.3 Å². The van der Waals surface area contributed by atoms with Gasteiger partial charge in [0.05, 0.1) is 25.3 Å². The van der Waals surface area contributed by atoms with Crippen LogP contribution >= 0.6 is 0 Å². The van der Waals surface area contributed by atoms with Crippen LogP contribution in [0.3, 0.4) is 0 Å². The minimum atomic E-state index is -0.838. The molecule has 0 saturated carbocycles. The Hall–Kier alpha value is -5.32. The average molecular weight is 724 g/mol. The maximum Gasteiger partial charge on any atom is 0.308 e. The second-order valence-corrected chi connectivity index (χ2v) is 14.4. The molecule has 13 nitrogen and oxygen atoms in total. The summed E-state index contributed by atoms with van der Waals surface area (Å²) >= 11 is 0. The highest BCUT2D eigenvalue weighted by molar-refractivity contribution is 5.87. The number of nitrogens with zero attached hydrogens (tertiary/aromatic N) is 3. The second kappa shape index (κ2) is 14.2. The van der Waals surface area contributed by atoms with E-state index < -0.39 is 42.1 Å². The van der Waals surface area contributed by atoms with E-state index in [-0.39, 0.29) is 37.5 Å². The van der Waals surface area contributed by atoms with Crippen molar-refractivity contribution in [3.8, 4) is 34.8 Å². The summed E-state index contributed by atoms with van der Waals surface area (Å²) in [6.45, 7) is 6.68. The molecule has 1 fully saturated rings. The quantitative estimate of drug-likeness (QED) is 0.218. The molecule has 6 atom stereocenters. The lowest BCUT2D eigenvalue weighted by atomic mass is 9.71. The lowest BCUT2D eigenvalue weighted by molar-refractivity contribution is -0.132. The van der Waals surface area contributed by atoms with E-state index in [4.69, 9.17) is 18.9 Å². The van der Waals surface area contributed by atoms with Gasteiger partial charge in [-0.1, -0.05) is 36.4 Å². The van der Waals surface area contributed by atoms with Gasteiger partial charge in [0, 0.05) is 54.2 Å². The molecule has 2 amide bonds. The van der Waals surface area contributed by atoms with Crippen LogP contribution in [0.4, 0.5) is 0 Å². The standard InChI is InChI=1S/C40H45N5O8/c1-20-14-25-15-27-29(17-41)45-28(34(44(27)5)32(25)35(48)36(20)50-6)16-26-33(39-38(51-19-52-39)21(2)37(26)53-23(4)46)30(45)18-42-40(49)22(3)43-31(47)13-12-24-10-8-7-9-11-24/h7-11,14,22,27-30,34,48H,12-13,15-16,18-19H2,1-6H3,(H,42,49)(H,43,47)/t22-,27+,28?,29?,30-,34+/m0/s1. The number of methoxy groups -OCH3 is 1. The Balaban J connectivity index is 1.28. The van der Waals surface area contributed by atoms with Gasteiger partial charge in [0.15, 0.2) is 23.0 Å². The van der Waals surface area contributed by atoms with Crippen LogP contribution in [-0.2, 0) is 33.6 Å². The number of carbonyl (C=O) groups excluding carboxylic acids is 3. The molecule has 278 valence electrons. The SMILES string of the molecule is COc1c(C)cc2c(c1O)[C@H]1C3Cc4c(OC(C)=O)c(C)c5c(c4[C@H](CNC(=O)[C@H](C)NC(=O)CCc4ccccc4)N3C(C#N)[C@@H](C2)N1C)OCO5. The Bertz CT molecular complexity index is 2010. The van der Waals surface area contributed by atoms with E-state index in [1.165, 1.54) is 14.0 Å². The molecule has 13 heteroatoms. The first-order valence-electron chi connectivity index (χ1n) is 18.0. The predicted octanol–water partition coefficient (Wildman–Crippen LogP) is 3.70. The van der Waals surface area contributed by atoms with Crippen molar-refractivity contribution >= 4 is 17.8 Å². The number of phenols is 1. The van der Waals surface area contributed by atoms with E-state index in [1.54, 1.807) is 6.92 Å². The van der Waals surface area contributed by atoms with Gasteiger partial charge in [-0.2, -0.15) is 5.26 Å². The topological polar surface area (TPSA) is 163 Å². The van der Waals surface area contributed by atoms with Gasteiger partial charge >= 0.3 is 5.97 Å². The molecule has 0 spiro atoms. The van der Waals surface area contributed by atoms with Crippen molar-refractivity contribution in [2.45, 2.75) is 89.6 Å². The molecule has 4 aliphatic heterocycles. The van der Waals surface area contributed by atoms with Crippen LogP contribution in [0.15, 0.2) is 36.4 Å². The number of hydrogen-bond donors (Lipinski definition) is 3. The van der Waals surface area contributed by atoms with Gasteiger partial charge in [0.2, 0.25) is 18.6 Å². The van der Waals surface area contributed by atoms with Crippen molar-refractivity contribution in [3.05, 3.63) is 75.3 Å². The summed E-state index contributed by atoms with van der Waals surface area (Å²) in [6, 6.07) is 11.1. The zero-order chi connectivity index (χ0) is 37.7. The molecule has 0 aliphatic carbocycles. The molecule has 1 saturated heterocycles. The first-order chi connectivity index (χ1) is 25.4. The van der Waals surface area contributed by atoms with Crippen LogP contribution in [-0.4, -0.2) is 84.4 Å². The zero-order valence-corrected chi connectivity index (χ0v) is 30.8. The van der Waals surface area contributed by atoms with Crippen molar-refractivity contribution in [1.29, 1.82) is 5.26 Å². The third kappa shape index (κ3) is 6.19. The molecule has 0 radical (unpaired) electrons. The lowest BCUT2D eigenvalue weighted by Gasteiger charge is -2.60. The molecular weight excluding hydrogens is 678 g/mol. The predicted molar refractivity (Wildman–Crippen MR) is 193 cm³/mol. The number of aromatic hydroxyl groups is 1. The third-order valence-electron chi connectivity index (χ3n) is 11.2. The van der Waals surface area contributed by atoms with Crippen LogP contribution in [0.2, 0.25) is 0 Å². The number of likely N-dealkylation sites (N-methyl/N-ethyl adjacent to an activating group) is 1. The van der Waals surface area contributed by atoms with Gasteiger partial charge in [-0.15, -0.1) is 0 Å². The maximum atomic E-state index is 13.7. The lowest BCUT2D eigenvalue weighted by Crippen LogP contribution is -2.69. The van der Waals surface area contributed by atoms with Crippen LogP contribution < -0.4 is 29.6 Å². The molecule has 0 aromatic heterocycles. The normalized spacial score (nSPS) is 23.1. The number of hydrogen-bond acceptors (Lipinski definition) is 11. The molecule has 53 heavy (non-hydrogen) atoms. The Labute approximate surface area is 308 Å². The molecule has 2 bridgehead atoms. The molecule has 3 N–H and O–H groups in total. The summed E-state index contributed by atoms with van der Waals surface area (Å²) in [5, 5.41) is 28.5. The number of phenolic OH excluding ortho intramolecular Hbond substituents is 1. The molecule has 7 rings (SSSR count). The van der Waals surface area contributed by atoms with Crippen molar-refractivity contribution in [1.82, 2.24) is 20.4 Å². The number of amides is 2. The van der Waals surface area contributed by atoms with E-state index in [0.29, 0.717) is 59.0 Å². The fourth-order valence-corrected chi connectivity index (χ4v) is 8.94. The van der Waals surface area contributed by atoms with Crippen LogP contribution in [0.5, 0.6) is 28.7 Å². The summed E-state index contributed by atoms with van der Waals surface area (Å²) in [5.74, 6) is 0.585. The Morgan fingerprint density at radius 2 is 1.81 bits per heavy atom. The van der Waals surface area contributed by atoms with Crippen LogP contribution in [0.25, 0.3) is 0 Å². The van der Waals surface area contributed by atoms with Gasteiger partial charge in [-0.05, 0) is 63.8 Å². The number of benzene rings is 3. The monoisotopic (exact) mass is 723 g/mol.